The summed E-state index contributed by atoms with van der Waals surface area (Å²) in [6, 6.07) is 5.88. The number of fused-ring (bicyclic) bond motifs is 1. The van der Waals surface area contributed by atoms with Gasteiger partial charge in [-0.25, -0.2) is 0 Å². The summed E-state index contributed by atoms with van der Waals surface area (Å²) in [5, 5.41) is 3.50. The van der Waals surface area contributed by atoms with Gasteiger partial charge in [0.2, 0.25) is 0 Å². The fourth-order valence-corrected chi connectivity index (χ4v) is 6.62. The molecule has 0 radical (unpaired) electrons. The van der Waals surface area contributed by atoms with Gasteiger partial charge in [-0.3, -0.25) is 14.2 Å². The molecule has 2 heterocycles. The van der Waals surface area contributed by atoms with Gasteiger partial charge in [0.15, 0.2) is 0 Å². The van der Waals surface area contributed by atoms with Crippen LogP contribution in [0.2, 0.25) is 0 Å². The van der Waals surface area contributed by atoms with Gasteiger partial charge in [-0.15, -0.1) is 0 Å². The van der Waals surface area contributed by atoms with Crippen molar-refractivity contribution in [2.75, 3.05) is 6.67 Å². The van der Waals surface area contributed by atoms with Crippen LogP contribution in [0.5, 0.6) is 0 Å². The number of hydrogen-bond donors (Lipinski definition) is 1. The number of nitrogens with one attached hydrogen (secondary N) is 1. The Morgan fingerprint density at radius 3 is 2.54 bits per heavy atom. The molecule has 150 valence electrons. The molecular weight excluding hydrogens is 353 g/mol. The molecule has 0 spiro atoms. The lowest BCUT2D eigenvalue weighted by Crippen LogP contribution is -2.60. The molecule has 0 aromatic carbocycles. The maximum atomic E-state index is 13.4. The van der Waals surface area contributed by atoms with Crippen LogP contribution in [0.25, 0.3) is 11.0 Å². The topological polar surface area (TPSA) is 46.9 Å². The summed E-state index contributed by atoms with van der Waals surface area (Å²) in [5.74, 6) is 2.46. The first kappa shape index (κ1) is 18.1. The number of aromatic nitrogens is 2. The van der Waals surface area contributed by atoms with Crippen LogP contribution in [-0.2, 0) is 6.54 Å². The van der Waals surface area contributed by atoms with Gasteiger partial charge in [0.05, 0.1) is 17.7 Å². The SMILES string of the molecule is O=C(NC12CC3CC(CC(C3)C1)C2)c1cc2ncccc2n1CCCCCF. The zero-order chi connectivity index (χ0) is 19.1. The average molecular weight is 384 g/mol. The van der Waals surface area contributed by atoms with E-state index in [0.717, 1.165) is 67.4 Å². The third-order valence-corrected chi connectivity index (χ3v) is 7.34. The zero-order valence-corrected chi connectivity index (χ0v) is 16.5. The molecule has 0 unspecified atom stereocenters. The predicted molar refractivity (Wildman–Crippen MR) is 108 cm³/mol. The molecule has 1 amide bonds. The monoisotopic (exact) mass is 383 g/mol. The highest BCUT2D eigenvalue weighted by molar-refractivity contribution is 5.98. The Morgan fingerprint density at radius 1 is 1.14 bits per heavy atom. The first-order chi connectivity index (χ1) is 13.7. The molecule has 0 saturated heterocycles. The van der Waals surface area contributed by atoms with Crippen molar-refractivity contribution in [3.8, 4) is 0 Å². The Labute approximate surface area is 165 Å². The molecule has 4 saturated carbocycles. The van der Waals surface area contributed by atoms with E-state index in [4.69, 9.17) is 0 Å². The summed E-state index contributed by atoms with van der Waals surface area (Å²) in [6.07, 6.45) is 11.6. The number of carbonyl (C=O) groups excluding carboxylic acids is 1. The van der Waals surface area contributed by atoms with Crippen molar-refractivity contribution in [1.82, 2.24) is 14.9 Å². The lowest BCUT2D eigenvalue weighted by molar-refractivity contribution is -0.0168. The van der Waals surface area contributed by atoms with Gasteiger partial charge < -0.3 is 9.88 Å². The van der Waals surface area contributed by atoms with Crippen molar-refractivity contribution in [3.05, 3.63) is 30.1 Å². The molecule has 1 N–H and O–H groups in total. The highest BCUT2D eigenvalue weighted by atomic mass is 19.1. The van der Waals surface area contributed by atoms with E-state index in [0.29, 0.717) is 12.1 Å². The number of halogens is 1. The van der Waals surface area contributed by atoms with Crippen molar-refractivity contribution in [3.63, 3.8) is 0 Å². The van der Waals surface area contributed by atoms with Gasteiger partial charge in [-0.2, -0.15) is 0 Å². The zero-order valence-electron chi connectivity index (χ0n) is 16.5. The summed E-state index contributed by atoms with van der Waals surface area (Å²) in [6.45, 7) is 0.464. The second-order valence-corrected chi connectivity index (χ2v) is 9.49. The average Bonchev–Trinajstić information content (AvgIpc) is 3.03. The molecule has 6 rings (SSSR count). The quantitative estimate of drug-likeness (QED) is 0.693. The number of aryl methyl sites for hydroxylation is 1. The molecule has 0 aliphatic heterocycles. The normalized spacial score (nSPS) is 30.8. The van der Waals surface area contributed by atoms with Crippen LogP contribution in [-0.4, -0.2) is 27.7 Å². The van der Waals surface area contributed by atoms with E-state index in [9.17, 15) is 9.18 Å². The molecule has 2 aromatic rings. The van der Waals surface area contributed by atoms with Crippen molar-refractivity contribution < 1.29 is 9.18 Å². The maximum absolute atomic E-state index is 13.4. The van der Waals surface area contributed by atoms with Crippen LogP contribution in [0.1, 0.15) is 68.3 Å². The minimum absolute atomic E-state index is 0.00870. The van der Waals surface area contributed by atoms with Gasteiger partial charge in [-0.05, 0) is 93.7 Å². The predicted octanol–water partition coefficient (Wildman–Crippen LogP) is 4.87. The van der Waals surface area contributed by atoms with Crippen molar-refractivity contribution >= 4 is 16.9 Å². The minimum Gasteiger partial charge on any atom is -0.345 e. The second kappa shape index (κ2) is 7.16. The van der Waals surface area contributed by atoms with E-state index in [1.165, 1.54) is 19.3 Å². The van der Waals surface area contributed by atoms with E-state index >= 15 is 0 Å². The van der Waals surface area contributed by atoms with Gasteiger partial charge in [0.1, 0.15) is 5.69 Å². The first-order valence-corrected chi connectivity index (χ1v) is 11.0. The summed E-state index contributed by atoms with van der Waals surface area (Å²) in [5.41, 5.74) is 2.58. The number of alkyl halides is 1. The fourth-order valence-electron chi connectivity index (χ4n) is 6.62. The fraction of sp³-hybridized carbons (Fsp3) is 0.652. The molecular formula is C23H30FN3O. The number of rotatable bonds is 7. The smallest absolute Gasteiger partial charge is 0.268 e. The van der Waals surface area contributed by atoms with Gasteiger partial charge in [-0.1, -0.05) is 0 Å². The van der Waals surface area contributed by atoms with Gasteiger partial charge >= 0.3 is 0 Å². The molecule has 4 nitrogen and oxygen atoms in total. The summed E-state index contributed by atoms with van der Waals surface area (Å²) in [4.78, 5) is 17.8. The largest absolute Gasteiger partial charge is 0.345 e. The molecule has 4 fully saturated rings. The molecule has 4 aliphatic rings. The summed E-state index contributed by atoms with van der Waals surface area (Å²) in [7, 11) is 0. The Bertz CT molecular complexity index is 839. The van der Waals surface area contributed by atoms with Crippen LogP contribution in [0, 0.1) is 17.8 Å². The highest BCUT2D eigenvalue weighted by Gasteiger charge is 2.51. The number of carbonyl (C=O) groups is 1. The molecule has 28 heavy (non-hydrogen) atoms. The maximum Gasteiger partial charge on any atom is 0.268 e. The van der Waals surface area contributed by atoms with Gasteiger partial charge in [0.25, 0.3) is 5.91 Å². The second-order valence-electron chi connectivity index (χ2n) is 9.49. The summed E-state index contributed by atoms with van der Waals surface area (Å²) < 4.78 is 14.5. The minimum atomic E-state index is -0.270. The molecule has 2 aromatic heterocycles. The number of pyridine rings is 1. The van der Waals surface area contributed by atoms with Crippen LogP contribution in [0.4, 0.5) is 4.39 Å². The van der Waals surface area contributed by atoms with E-state index in [-0.39, 0.29) is 18.1 Å². The third-order valence-electron chi connectivity index (χ3n) is 7.34. The number of hydrogen-bond acceptors (Lipinski definition) is 2. The van der Waals surface area contributed by atoms with Crippen LogP contribution < -0.4 is 5.32 Å². The number of nitrogens with zero attached hydrogens (tertiary/aromatic N) is 2. The Morgan fingerprint density at radius 2 is 1.86 bits per heavy atom. The van der Waals surface area contributed by atoms with Crippen molar-refractivity contribution in [2.24, 2.45) is 17.8 Å². The Balaban J connectivity index is 1.40. The third kappa shape index (κ3) is 3.23. The molecule has 4 bridgehead atoms. The standard InChI is InChI=1S/C23H30FN3O/c24-6-2-1-3-8-27-20-5-4-7-25-19(20)12-21(27)22(28)26-23-13-16-9-17(14-23)11-18(10-16)15-23/h4-5,7,12,16-18H,1-3,6,8-11,13-15H2,(H,26,28). The van der Waals surface area contributed by atoms with Gasteiger partial charge in [0, 0.05) is 18.3 Å². The van der Waals surface area contributed by atoms with Crippen LogP contribution >= 0.6 is 0 Å². The molecule has 5 heteroatoms. The Hall–Kier alpha value is -1.91. The number of unbranched alkanes of at least 4 members (excludes halogenated alkanes) is 2. The molecule has 4 aliphatic carbocycles. The van der Waals surface area contributed by atoms with E-state index in [1.54, 1.807) is 6.20 Å². The number of amides is 1. The van der Waals surface area contributed by atoms with Crippen molar-refractivity contribution in [2.45, 2.75) is 69.9 Å². The Kier molecular flexibility index (Phi) is 4.64. The van der Waals surface area contributed by atoms with Crippen molar-refractivity contribution in [1.29, 1.82) is 0 Å². The molecule has 0 atom stereocenters. The van der Waals surface area contributed by atoms with Crippen LogP contribution in [0.15, 0.2) is 24.4 Å². The first-order valence-electron chi connectivity index (χ1n) is 11.0. The van der Waals surface area contributed by atoms with E-state index in [1.807, 2.05) is 18.2 Å². The lowest BCUT2D eigenvalue weighted by atomic mass is 9.53. The lowest BCUT2D eigenvalue weighted by Gasteiger charge is -2.56. The van der Waals surface area contributed by atoms with E-state index in [2.05, 4.69) is 14.9 Å². The van der Waals surface area contributed by atoms with E-state index < -0.39 is 0 Å². The highest BCUT2D eigenvalue weighted by Crippen LogP contribution is 2.55. The summed E-state index contributed by atoms with van der Waals surface area (Å²) >= 11 is 0. The van der Waals surface area contributed by atoms with Crippen LogP contribution in [0.3, 0.4) is 0 Å².